The Morgan fingerprint density at radius 3 is 2.65 bits per heavy atom. The second kappa shape index (κ2) is 7.41. The van der Waals surface area contributed by atoms with Crippen molar-refractivity contribution in [2.24, 2.45) is 0 Å². The lowest BCUT2D eigenvalue weighted by Gasteiger charge is -2.17. The van der Waals surface area contributed by atoms with E-state index in [0.29, 0.717) is 19.5 Å². The lowest BCUT2D eigenvalue weighted by atomic mass is 10.1. The van der Waals surface area contributed by atoms with Crippen LogP contribution in [0.2, 0.25) is 0 Å². The van der Waals surface area contributed by atoms with E-state index in [1.807, 2.05) is 0 Å². The third-order valence-electron chi connectivity index (χ3n) is 4.18. The summed E-state index contributed by atoms with van der Waals surface area (Å²) in [6.07, 6.45) is 1.76. The Morgan fingerprint density at radius 2 is 2.00 bits per heavy atom. The molecular weight excluding hydrogens is 359 g/mol. The quantitative estimate of drug-likeness (QED) is 0.742. The van der Waals surface area contributed by atoms with Crippen LogP contribution in [0.1, 0.15) is 12.0 Å². The number of rotatable bonds is 5. The SMILES string of the molecule is CS(=O)(=O)c1ccc(CC(=O)N2CCC(Oc3cccc(F)n3)C2)cc1. The van der Waals surface area contributed by atoms with Crippen LogP contribution in [0.3, 0.4) is 0 Å². The summed E-state index contributed by atoms with van der Waals surface area (Å²) in [4.78, 5) is 18.0. The van der Waals surface area contributed by atoms with Crippen molar-refractivity contribution in [3.63, 3.8) is 0 Å². The lowest BCUT2D eigenvalue weighted by Crippen LogP contribution is -2.32. The predicted octanol–water partition coefficient (Wildman–Crippen LogP) is 1.85. The van der Waals surface area contributed by atoms with Crippen LogP contribution in [0.5, 0.6) is 5.88 Å². The van der Waals surface area contributed by atoms with E-state index in [2.05, 4.69) is 4.98 Å². The number of sulfone groups is 1. The minimum absolute atomic E-state index is 0.0598. The molecule has 0 saturated carbocycles. The Bertz CT molecular complexity index is 900. The van der Waals surface area contributed by atoms with Crippen LogP contribution in [0.15, 0.2) is 47.4 Å². The highest BCUT2D eigenvalue weighted by atomic mass is 32.2. The molecule has 138 valence electrons. The summed E-state index contributed by atoms with van der Waals surface area (Å²) < 4.78 is 41.7. The Hall–Kier alpha value is -2.48. The molecular formula is C18H19FN2O4S. The molecule has 0 aliphatic carbocycles. The molecule has 6 nitrogen and oxygen atoms in total. The van der Waals surface area contributed by atoms with Gasteiger partial charge in [0.1, 0.15) is 6.10 Å². The number of carbonyl (C=O) groups excluding carboxylic acids is 1. The first kappa shape index (κ1) is 18.3. The minimum atomic E-state index is -3.25. The van der Waals surface area contributed by atoms with Crippen molar-refractivity contribution in [2.45, 2.75) is 23.8 Å². The maximum absolute atomic E-state index is 13.1. The molecule has 8 heteroatoms. The van der Waals surface area contributed by atoms with E-state index < -0.39 is 15.8 Å². The summed E-state index contributed by atoms with van der Waals surface area (Å²) in [5, 5.41) is 0. The summed E-state index contributed by atoms with van der Waals surface area (Å²) in [6.45, 7) is 0.971. The molecule has 1 aliphatic rings. The Morgan fingerprint density at radius 1 is 1.27 bits per heavy atom. The fraction of sp³-hybridized carbons (Fsp3) is 0.333. The number of likely N-dealkylation sites (tertiary alicyclic amines) is 1. The smallest absolute Gasteiger partial charge is 0.227 e. The summed E-state index contributed by atoms with van der Waals surface area (Å²) in [6, 6.07) is 10.6. The normalized spacial score (nSPS) is 17.3. The first-order chi connectivity index (χ1) is 12.3. The van der Waals surface area contributed by atoms with Gasteiger partial charge in [-0.25, -0.2) is 8.42 Å². The number of benzene rings is 1. The fourth-order valence-corrected chi connectivity index (χ4v) is 3.45. The van der Waals surface area contributed by atoms with Gasteiger partial charge in [0.2, 0.25) is 17.7 Å². The molecule has 2 aromatic rings. The Labute approximate surface area is 151 Å². The van der Waals surface area contributed by atoms with Crippen LogP contribution in [0, 0.1) is 5.95 Å². The summed E-state index contributed by atoms with van der Waals surface area (Å²) >= 11 is 0. The number of ether oxygens (including phenoxy) is 1. The van der Waals surface area contributed by atoms with Crippen LogP contribution in [0.4, 0.5) is 4.39 Å². The fourth-order valence-electron chi connectivity index (χ4n) is 2.82. The van der Waals surface area contributed by atoms with Gasteiger partial charge in [-0.3, -0.25) is 4.79 Å². The number of hydrogen-bond donors (Lipinski definition) is 0. The largest absolute Gasteiger partial charge is 0.472 e. The molecule has 1 aromatic heterocycles. The van der Waals surface area contributed by atoms with Gasteiger partial charge in [0.05, 0.1) is 17.9 Å². The molecule has 1 aliphatic heterocycles. The van der Waals surface area contributed by atoms with Crippen molar-refractivity contribution in [3.8, 4) is 5.88 Å². The maximum atomic E-state index is 13.1. The van der Waals surface area contributed by atoms with Crippen molar-refractivity contribution in [3.05, 3.63) is 54.0 Å². The molecule has 0 radical (unpaired) electrons. The Balaban J connectivity index is 1.56. The topological polar surface area (TPSA) is 76.6 Å². The second-order valence-electron chi connectivity index (χ2n) is 6.26. The standard InChI is InChI=1S/C18H19FN2O4S/c1-26(23,24)15-7-5-13(6-8-15)11-18(22)21-10-9-14(12-21)25-17-4-2-3-16(19)20-17/h2-8,14H,9-12H2,1H3. The number of pyridine rings is 1. The van der Waals surface area contributed by atoms with Gasteiger partial charge in [-0.1, -0.05) is 18.2 Å². The van der Waals surface area contributed by atoms with Crippen LogP contribution in [0.25, 0.3) is 0 Å². The first-order valence-electron chi connectivity index (χ1n) is 8.17. The van der Waals surface area contributed by atoms with E-state index in [1.165, 1.54) is 24.3 Å². The molecule has 1 fully saturated rings. The molecule has 1 unspecified atom stereocenters. The zero-order chi connectivity index (χ0) is 18.7. The van der Waals surface area contributed by atoms with Crippen LogP contribution >= 0.6 is 0 Å². The molecule has 1 aromatic carbocycles. The van der Waals surface area contributed by atoms with Crippen molar-refractivity contribution in [2.75, 3.05) is 19.3 Å². The molecule has 1 atom stereocenters. The second-order valence-corrected chi connectivity index (χ2v) is 8.28. The van der Waals surface area contributed by atoms with Gasteiger partial charge in [0, 0.05) is 25.3 Å². The van der Waals surface area contributed by atoms with E-state index in [9.17, 15) is 17.6 Å². The monoisotopic (exact) mass is 378 g/mol. The number of hydrogen-bond acceptors (Lipinski definition) is 5. The molecule has 26 heavy (non-hydrogen) atoms. The zero-order valence-corrected chi connectivity index (χ0v) is 15.1. The van der Waals surface area contributed by atoms with E-state index >= 15 is 0 Å². The van der Waals surface area contributed by atoms with Gasteiger partial charge in [-0.2, -0.15) is 9.37 Å². The summed E-state index contributed by atoms with van der Waals surface area (Å²) in [7, 11) is -3.25. The molecule has 0 N–H and O–H groups in total. The molecule has 0 spiro atoms. The lowest BCUT2D eigenvalue weighted by molar-refractivity contribution is -0.129. The van der Waals surface area contributed by atoms with Crippen molar-refractivity contribution >= 4 is 15.7 Å². The minimum Gasteiger partial charge on any atom is -0.472 e. The van der Waals surface area contributed by atoms with Gasteiger partial charge in [0.15, 0.2) is 9.84 Å². The van der Waals surface area contributed by atoms with E-state index in [0.717, 1.165) is 11.8 Å². The van der Waals surface area contributed by atoms with Gasteiger partial charge in [-0.15, -0.1) is 0 Å². The highest BCUT2D eigenvalue weighted by Gasteiger charge is 2.28. The Kier molecular flexibility index (Phi) is 5.22. The average molecular weight is 378 g/mol. The van der Waals surface area contributed by atoms with Crippen LogP contribution in [-0.2, 0) is 21.1 Å². The van der Waals surface area contributed by atoms with Gasteiger partial charge in [0.25, 0.3) is 0 Å². The van der Waals surface area contributed by atoms with E-state index in [-0.39, 0.29) is 29.2 Å². The summed E-state index contributed by atoms with van der Waals surface area (Å²) in [5.41, 5.74) is 0.749. The molecule has 1 saturated heterocycles. The molecule has 1 amide bonds. The van der Waals surface area contributed by atoms with E-state index in [4.69, 9.17) is 4.74 Å². The van der Waals surface area contributed by atoms with Gasteiger partial charge in [-0.05, 0) is 23.8 Å². The van der Waals surface area contributed by atoms with Gasteiger partial charge >= 0.3 is 0 Å². The first-order valence-corrected chi connectivity index (χ1v) is 10.1. The number of carbonyl (C=O) groups is 1. The number of aromatic nitrogens is 1. The third-order valence-corrected chi connectivity index (χ3v) is 5.31. The highest BCUT2D eigenvalue weighted by molar-refractivity contribution is 7.90. The average Bonchev–Trinajstić information content (AvgIpc) is 3.03. The van der Waals surface area contributed by atoms with Crippen molar-refractivity contribution in [1.82, 2.24) is 9.88 Å². The van der Waals surface area contributed by atoms with Crippen LogP contribution in [-0.4, -0.2) is 49.7 Å². The summed E-state index contributed by atoms with van der Waals surface area (Å²) in [5.74, 6) is -0.456. The number of amides is 1. The number of nitrogens with zero attached hydrogens (tertiary/aromatic N) is 2. The van der Waals surface area contributed by atoms with E-state index in [1.54, 1.807) is 23.1 Å². The predicted molar refractivity (Wildman–Crippen MR) is 93.1 cm³/mol. The van der Waals surface area contributed by atoms with Crippen LogP contribution < -0.4 is 4.74 Å². The van der Waals surface area contributed by atoms with Gasteiger partial charge < -0.3 is 9.64 Å². The molecule has 2 heterocycles. The van der Waals surface area contributed by atoms with Crippen molar-refractivity contribution in [1.29, 1.82) is 0 Å². The van der Waals surface area contributed by atoms with Crippen molar-refractivity contribution < 1.29 is 22.3 Å². The zero-order valence-electron chi connectivity index (χ0n) is 14.3. The highest BCUT2D eigenvalue weighted by Crippen LogP contribution is 2.18. The maximum Gasteiger partial charge on any atom is 0.227 e. The third kappa shape index (κ3) is 4.57. The molecule has 0 bridgehead atoms. The number of halogens is 1. The molecule has 3 rings (SSSR count).